The summed E-state index contributed by atoms with van der Waals surface area (Å²) in [4.78, 5) is 11.3. The van der Waals surface area contributed by atoms with E-state index >= 15 is 0 Å². The molecule has 0 aliphatic carbocycles. The van der Waals surface area contributed by atoms with Crippen LogP contribution in [0, 0.1) is 0 Å². The number of carbonyl (C=O) groups is 1. The Balaban J connectivity index is 2.26. The molecule has 0 bridgehead atoms. The SMILES string of the molecule is CCC(=O)Nc1cccc(-c2ccc(N)nn2)c1. The molecule has 1 amide bonds. The van der Waals surface area contributed by atoms with E-state index in [-0.39, 0.29) is 5.91 Å². The van der Waals surface area contributed by atoms with E-state index in [4.69, 9.17) is 5.73 Å². The van der Waals surface area contributed by atoms with Crippen LogP contribution in [0.4, 0.5) is 11.5 Å². The van der Waals surface area contributed by atoms with E-state index < -0.39 is 0 Å². The number of nitrogens with two attached hydrogens (primary N) is 1. The van der Waals surface area contributed by atoms with E-state index in [2.05, 4.69) is 15.5 Å². The predicted molar refractivity (Wildman–Crippen MR) is 70.8 cm³/mol. The third-order valence-electron chi connectivity index (χ3n) is 2.45. The maximum Gasteiger partial charge on any atom is 0.224 e. The Kier molecular flexibility index (Phi) is 3.52. The minimum absolute atomic E-state index is 0.0180. The molecule has 0 saturated carbocycles. The second-order valence-electron chi connectivity index (χ2n) is 3.83. The number of benzene rings is 1. The summed E-state index contributed by atoms with van der Waals surface area (Å²) >= 11 is 0. The fourth-order valence-electron chi connectivity index (χ4n) is 1.50. The molecule has 5 heteroatoms. The third kappa shape index (κ3) is 2.82. The van der Waals surface area contributed by atoms with Gasteiger partial charge in [0.1, 0.15) is 5.82 Å². The summed E-state index contributed by atoms with van der Waals surface area (Å²) in [5, 5.41) is 10.6. The highest BCUT2D eigenvalue weighted by molar-refractivity contribution is 5.91. The quantitative estimate of drug-likeness (QED) is 0.863. The maximum atomic E-state index is 11.3. The Morgan fingerprint density at radius 1 is 1.28 bits per heavy atom. The van der Waals surface area contributed by atoms with Crippen LogP contribution in [-0.2, 0) is 4.79 Å². The largest absolute Gasteiger partial charge is 0.382 e. The molecule has 0 spiro atoms. The van der Waals surface area contributed by atoms with Gasteiger partial charge in [0.15, 0.2) is 0 Å². The number of anilines is 2. The van der Waals surface area contributed by atoms with Gasteiger partial charge in [0.05, 0.1) is 5.69 Å². The molecule has 2 rings (SSSR count). The monoisotopic (exact) mass is 242 g/mol. The topological polar surface area (TPSA) is 80.9 Å². The molecule has 18 heavy (non-hydrogen) atoms. The van der Waals surface area contributed by atoms with Gasteiger partial charge in [-0.2, -0.15) is 0 Å². The van der Waals surface area contributed by atoms with E-state index in [1.165, 1.54) is 0 Å². The Morgan fingerprint density at radius 2 is 2.11 bits per heavy atom. The number of nitrogens with one attached hydrogen (secondary N) is 1. The lowest BCUT2D eigenvalue weighted by Crippen LogP contribution is -2.09. The Labute approximate surface area is 105 Å². The summed E-state index contributed by atoms with van der Waals surface area (Å²) in [7, 11) is 0. The smallest absolute Gasteiger partial charge is 0.224 e. The van der Waals surface area contributed by atoms with Gasteiger partial charge in [0.2, 0.25) is 5.91 Å². The second-order valence-corrected chi connectivity index (χ2v) is 3.83. The highest BCUT2D eigenvalue weighted by Gasteiger charge is 2.03. The van der Waals surface area contributed by atoms with Crippen LogP contribution in [0.15, 0.2) is 36.4 Å². The van der Waals surface area contributed by atoms with Gasteiger partial charge in [0.25, 0.3) is 0 Å². The van der Waals surface area contributed by atoms with Crippen LogP contribution in [-0.4, -0.2) is 16.1 Å². The molecule has 0 radical (unpaired) electrons. The average Bonchev–Trinajstić information content (AvgIpc) is 2.40. The van der Waals surface area contributed by atoms with Crippen molar-refractivity contribution >= 4 is 17.4 Å². The Morgan fingerprint density at radius 3 is 2.78 bits per heavy atom. The molecule has 3 N–H and O–H groups in total. The van der Waals surface area contributed by atoms with Crippen LogP contribution in [0.1, 0.15) is 13.3 Å². The number of aromatic nitrogens is 2. The number of hydrogen-bond donors (Lipinski definition) is 2. The molecule has 1 heterocycles. The zero-order valence-electron chi connectivity index (χ0n) is 10.1. The first-order chi connectivity index (χ1) is 8.69. The average molecular weight is 242 g/mol. The van der Waals surface area contributed by atoms with Crippen molar-refractivity contribution in [1.82, 2.24) is 10.2 Å². The van der Waals surface area contributed by atoms with Crippen LogP contribution >= 0.6 is 0 Å². The number of hydrogen-bond acceptors (Lipinski definition) is 4. The fraction of sp³-hybridized carbons (Fsp3) is 0.154. The molecule has 0 fully saturated rings. The van der Waals surface area contributed by atoms with Crippen LogP contribution in [0.2, 0.25) is 0 Å². The zero-order valence-corrected chi connectivity index (χ0v) is 10.1. The summed E-state index contributed by atoms with van der Waals surface area (Å²) in [6, 6.07) is 10.9. The van der Waals surface area contributed by atoms with Crippen molar-refractivity contribution in [3.8, 4) is 11.3 Å². The maximum absolute atomic E-state index is 11.3. The van der Waals surface area contributed by atoms with E-state index in [0.29, 0.717) is 12.2 Å². The number of nitrogens with zero attached hydrogens (tertiary/aromatic N) is 2. The van der Waals surface area contributed by atoms with Crippen molar-refractivity contribution < 1.29 is 4.79 Å². The first kappa shape index (κ1) is 12.0. The molecule has 0 atom stereocenters. The molecular weight excluding hydrogens is 228 g/mol. The minimum Gasteiger partial charge on any atom is -0.382 e. The molecule has 0 aliphatic rings. The molecule has 0 unspecified atom stereocenters. The van der Waals surface area contributed by atoms with Crippen LogP contribution < -0.4 is 11.1 Å². The van der Waals surface area contributed by atoms with Crippen molar-refractivity contribution in [2.24, 2.45) is 0 Å². The first-order valence-corrected chi connectivity index (χ1v) is 5.68. The van der Waals surface area contributed by atoms with Gasteiger partial charge in [-0.3, -0.25) is 4.79 Å². The van der Waals surface area contributed by atoms with Gasteiger partial charge in [-0.25, -0.2) is 0 Å². The molecule has 2 aromatic rings. The van der Waals surface area contributed by atoms with E-state index in [1.807, 2.05) is 31.2 Å². The minimum atomic E-state index is -0.0180. The lowest BCUT2D eigenvalue weighted by atomic mass is 10.1. The van der Waals surface area contributed by atoms with Gasteiger partial charge >= 0.3 is 0 Å². The van der Waals surface area contributed by atoms with E-state index in [9.17, 15) is 4.79 Å². The zero-order chi connectivity index (χ0) is 13.0. The Bertz CT molecular complexity index is 551. The summed E-state index contributed by atoms with van der Waals surface area (Å²) in [6.07, 6.45) is 0.450. The van der Waals surface area contributed by atoms with Gasteiger partial charge in [0, 0.05) is 17.7 Å². The summed E-state index contributed by atoms with van der Waals surface area (Å²) < 4.78 is 0. The van der Waals surface area contributed by atoms with Crippen molar-refractivity contribution in [2.45, 2.75) is 13.3 Å². The number of rotatable bonds is 3. The van der Waals surface area contributed by atoms with Gasteiger partial charge in [-0.1, -0.05) is 19.1 Å². The highest BCUT2D eigenvalue weighted by atomic mass is 16.1. The lowest BCUT2D eigenvalue weighted by molar-refractivity contribution is -0.115. The van der Waals surface area contributed by atoms with Crippen molar-refractivity contribution in [3.63, 3.8) is 0 Å². The summed E-state index contributed by atoms with van der Waals surface area (Å²) in [6.45, 7) is 1.81. The van der Waals surface area contributed by atoms with Crippen molar-refractivity contribution in [2.75, 3.05) is 11.1 Å². The first-order valence-electron chi connectivity index (χ1n) is 5.68. The highest BCUT2D eigenvalue weighted by Crippen LogP contribution is 2.20. The van der Waals surface area contributed by atoms with Crippen LogP contribution in [0.25, 0.3) is 11.3 Å². The number of carbonyl (C=O) groups excluding carboxylic acids is 1. The van der Waals surface area contributed by atoms with E-state index in [0.717, 1.165) is 16.9 Å². The molecule has 0 aliphatic heterocycles. The van der Waals surface area contributed by atoms with Crippen molar-refractivity contribution in [1.29, 1.82) is 0 Å². The lowest BCUT2D eigenvalue weighted by Gasteiger charge is -2.06. The van der Waals surface area contributed by atoms with Crippen molar-refractivity contribution in [3.05, 3.63) is 36.4 Å². The molecule has 92 valence electrons. The number of amides is 1. The Hall–Kier alpha value is -2.43. The van der Waals surface area contributed by atoms with Crippen LogP contribution in [0.5, 0.6) is 0 Å². The summed E-state index contributed by atoms with van der Waals surface area (Å²) in [5.74, 6) is 0.365. The standard InChI is InChI=1S/C13H14N4O/c1-2-13(18)15-10-5-3-4-9(8-10)11-6-7-12(14)17-16-11/h3-8H,2H2,1H3,(H2,14,17)(H,15,18). The van der Waals surface area contributed by atoms with E-state index in [1.54, 1.807) is 12.1 Å². The number of nitrogen functional groups attached to an aromatic ring is 1. The third-order valence-corrected chi connectivity index (χ3v) is 2.45. The second kappa shape index (κ2) is 5.27. The molecule has 0 saturated heterocycles. The predicted octanol–water partition coefficient (Wildman–Crippen LogP) is 2.07. The van der Waals surface area contributed by atoms with Gasteiger partial charge in [-0.15, -0.1) is 10.2 Å². The van der Waals surface area contributed by atoms with Gasteiger partial charge < -0.3 is 11.1 Å². The fourth-order valence-corrected chi connectivity index (χ4v) is 1.50. The molecule has 1 aromatic heterocycles. The van der Waals surface area contributed by atoms with Crippen LogP contribution in [0.3, 0.4) is 0 Å². The summed E-state index contributed by atoms with van der Waals surface area (Å²) in [5.41, 5.74) is 7.84. The van der Waals surface area contributed by atoms with Gasteiger partial charge in [-0.05, 0) is 24.3 Å². The molecule has 5 nitrogen and oxygen atoms in total. The molecule has 1 aromatic carbocycles. The normalized spacial score (nSPS) is 10.1. The molecular formula is C13H14N4O.